The van der Waals surface area contributed by atoms with Crippen LogP contribution in [-0.2, 0) is 21.0 Å². The monoisotopic (exact) mass is 505 g/mol. The molecule has 10 heteroatoms. The first-order valence-corrected chi connectivity index (χ1v) is 12.0. The van der Waals surface area contributed by atoms with Gasteiger partial charge in [-0.2, -0.15) is 0 Å². The maximum atomic E-state index is 12.8. The number of carbonyl (C=O) groups is 1. The molecule has 35 heavy (non-hydrogen) atoms. The quantitative estimate of drug-likeness (QED) is 0.212. The summed E-state index contributed by atoms with van der Waals surface area (Å²) in [4.78, 5) is 35.0. The molecule has 0 saturated heterocycles. The normalized spacial score (nSPS) is 15.9. The number of benzene rings is 1. The smallest absolute Gasteiger partial charge is 0.314 e. The molecule has 1 unspecified atom stereocenters. The summed E-state index contributed by atoms with van der Waals surface area (Å²) in [6.45, 7) is 9.96. The highest BCUT2D eigenvalue weighted by atomic mass is 35.5. The maximum absolute atomic E-state index is 12.8. The Morgan fingerprint density at radius 2 is 2.03 bits per heavy atom. The summed E-state index contributed by atoms with van der Waals surface area (Å²) in [6.07, 6.45) is 2.60. The Morgan fingerprint density at radius 3 is 2.69 bits per heavy atom. The molecule has 1 aromatic heterocycles. The van der Waals surface area contributed by atoms with E-state index in [0.29, 0.717) is 40.9 Å². The number of pyridine rings is 1. The molecular formula is C25H34ClN4O5+. The molecule has 1 aromatic carbocycles. The molecule has 0 amide bonds. The summed E-state index contributed by atoms with van der Waals surface area (Å²) < 4.78 is 11.8. The molecule has 9 nitrogen and oxygen atoms in total. The van der Waals surface area contributed by atoms with Crippen LogP contribution in [0.1, 0.15) is 69.0 Å². The molecule has 1 aliphatic heterocycles. The molecule has 0 fully saturated rings. The molecule has 0 bridgehead atoms. The number of fused-ring (bicyclic) bond motifs is 1. The number of halogens is 1. The average molecular weight is 506 g/mol. The van der Waals surface area contributed by atoms with Gasteiger partial charge in [-0.25, -0.2) is 4.84 Å². The van der Waals surface area contributed by atoms with Crippen LogP contribution < -0.4 is 10.3 Å². The van der Waals surface area contributed by atoms with Crippen LogP contribution >= 0.6 is 11.6 Å². The van der Waals surface area contributed by atoms with Crippen molar-refractivity contribution in [2.75, 3.05) is 13.7 Å². The highest BCUT2D eigenvalue weighted by molar-refractivity contribution is 6.30. The molecule has 2 heterocycles. The van der Waals surface area contributed by atoms with Gasteiger partial charge >= 0.3 is 5.97 Å². The van der Waals surface area contributed by atoms with Crippen LogP contribution in [0.2, 0.25) is 5.02 Å². The zero-order valence-corrected chi connectivity index (χ0v) is 21.9. The fourth-order valence-corrected chi connectivity index (χ4v) is 3.67. The second-order valence-corrected chi connectivity index (χ2v) is 10.2. The van der Waals surface area contributed by atoms with E-state index < -0.39 is 0 Å². The van der Waals surface area contributed by atoms with E-state index in [9.17, 15) is 9.70 Å². The van der Waals surface area contributed by atoms with E-state index in [-0.39, 0.29) is 30.1 Å². The Bertz CT molecular complexity index is 1060. The zero-order chi connectivity index (χ0) is 25.8. The Labute approximate surface area is 211 Å². The van der Waals surface area contributed by atoms with E-state index in [2.05, 4.69) is 10.6 Å². The lowest BCUT2D eigenvalue weighted by atomic mass is 10.00. The van der Waals surface area contributed by atoms with Crippen molar-refractivity contribution < 1.29 is 24.1 Å². The van der Waals surface area contributed by atoms with Crippen molar-refractivity contribution in [2.24, 2.45) is 5.92 Å². The van der Waals surface area contributed by atoms with Gasteiger partial charge in [0.15, 0.2) is 5.75 Å². The van der Waals surface area contributed by atoms with E-state index >= 15 is 0 Å². The number of carbonyl (C=O) groups excluding carboxylic acids is 1. The van der Waals surface area contributed by atoms with E-state index in [1.165, 1.54) is 5.01 Å². The number of aromatic nitrogens is 1. The van der Waals surface area contributed by atoms with Gasteiger partial charge in [-0.15, -0.1) is 5.01 Å². The number of aryl methyl sites for hydroxylation is 1. The largest absolute Gasteiger partial charge is 0.424 e. The van der Waals surface area contributed by atoms with Gasteiger partial charge < -0.3 is 9.47 Å². The molecule has 0 saturated carbocycles. The van der Waals surface area contributed by atoms with Crippen LogP contribution in [0.3, 0.4) is 0 Å². The summed E-state index contributed by atoms with van der Waals surface area (Å²) in [5, 5.41) is 2.13. The lowest BCUT2D eigenvalue weighted by Crippen LogP contribution is -2.49. The number of hydrazine groups is 2. The summed E-state index contributed by atoms with van der Waals surface area (Å²) in [5.74, 6) is -0.242. The molecule has 190 valence electrons. The van der Waals surface area contributed by atoms with Crippen molar-refractivity contribution in [3.8, 4) is 5.75 Å². The van der Waals surface area contributed by atoms with E-state index in [4.69, 9.17) is 25.9 Å². The van der Waals surface area contributed by atoms with Crippen molar-refractivity contribution in [3.05, 3.63) is 62.8 Å². The molecule has 2 atom stereocenters. The standard InChI is InChI=1S/C25H34ClN4O5/c1-16(8-7-13-34-28-30(32)29(6)25(3,4)5)24(31)35-22-17(2)27-14-20-21(22)15-33-23(20)18-9-11-19(26)12-10-18/h9-12,14,16,23H,7-8,13,15H2,1-6H3,(H,28,32)/q+1/t16?,23-/m0/s1. The number of nitroso groups, excluding NO2 is 1. The average Bonchev–Trinajstić information content (AvgIpc) is 3.24. The molecule has 1 aliphatic rings. The van der Waals surface area contributed by atoms with Crippen LogP contribution in [0.5, 0.6) is 5.75 Å². The van der Waals surface area contributed by atoms with Gasteiger partial charge in [0.1, 0.15) is 6.10 Å². The van der Waals surface area contributed by atoms with Crippen LogP contribution in [-0.4, -0.2) is 40.1 Å². The minimum atomic E-state index is -0.358. The Hall–Kier alpha value is -2.75. The zero-order valence-electron chi connectivity index (χ0n) is 21.1. The van der Waals surface area contributed by atoms with Crippen LogP contribution in [0.25, 0.3) is 0 Å². The van der Waals surface area contributed by atoms with Crippen LogP contribution in [0.4, 0.5) is 0 Å². The second kappa shape index (κ2) is 11.3. The van der Waals surface area contributed by atoms with Gasteiger partial charge in [0.05, 0.1) is 42.3 Å². The van der Waals surface area contributed by atoms with E-state index in [0.717, 1.165) is 16.7 Å². The molecule has 0 radical (unpaired) electrons. The van der Waals surface area contributed by atoms with Crippen molar-refractivity contribution in [1.82, 2.24) is 15.6 Å². The first kappa shape index (κ1) is 26.8. The van der Waals surface area contributed by atoms with Gasteiger partial charge in [0.2, 0.25) is 0 Å². The predicted octanol–water partition coefficient (Wildman–Crippen LogP) is 4.85. The molecule has 0 spiro atoms. The molecule has 1 N–H and O–H groups in total. The van der Waals surface area contributed by atoms with Crippen LogP contribution in [0.15, 0.2) is 30.5 Å². The Balaban J connectivity index is 1.54. The number of hydrogen-bond acceptors (Lipinski definition) is 6. The maximum Gasteiger partial charge on any atom is 0.314 e. The lowest BCUT2D eigenvalue weighted by Gasteiger charge is -2.22. The predicted molar refractivity (Wildman–Crippen MR) is 131 cm³/mol. The number of nitrogens with zero attached hydrogens (tertiary/aromatic N) is 3. The third-order valence-corrected chi connectivity index (χ3v) is 6.32. The summed E-state index contributed by atoms with van der Waals surface area (Å²) in [7, 11) is 1.67. The summed E-state index contributed by atoms with van der Waals surface area (Å²) in [5.41, 5.74) is 5.32. The Morgan fingerprint density at radius 1 is 1.34 bits per heavy atom. The number of hydrogen-bond donors (Lipinski definition) is 1. The first-order valence-electron chi connectivity index (χ1n) is 11.6. The third-order valence-electron chi connectivity index (χ3n) is 6.07. The van der Waals surface area contributed by atoms with E-state index in [1.807, 2.05) is 58.9 Å². The number of rotatable bonds is 10. The summed E-state index contributed by atoms with van der Waals surface area (Å²) in [6, 6.07) is 7.47. The highest BCUT2D eigenvalue weighted by Crippen LogP contribution is 2.41. The van der Waals surface area contributed by atoms with Crippen molar-refractivity contribution >= 4 is 17.6 Å². The van der Waals surface area contributed by atoms with Gasteiger partial charge in [-0.05, 0) is 58.2 Å². The SMILES string of the molecule is Cc1ncc2c(c1OC(=O)C(C)CCCON[N+](=O)N(C)C(C)(C)C)CO[C@H]2c1ccc(Cl)cc1. The summed E-state index contributed by atoms with van der Waals surface area (Å²) >= 11 is 6.01. The van der Waals surface area contributed by atoms with Gasteiger partial charge in [0.25, 0.3) is 4.98 Å². The third kappa shape index (κ3) is 6.68. The van der Waals surface area contributed by atoms with Gasteiger partial charge in [-0.3, -0.25) is 9.78 Å². The minimum absolute atomic E-state index is 0.270. The van der Waals surface area contributed by atoms with Crippen molar-refractivity contribution in [1.29, 1.82) is 0 Å². The highest BCUT2D eigenvalue weighted by Gasteiger charge is 2.31. The van der Waals surface area contributed by atoms with Gasteiger partial charge in [0, 0.05) is 27.9 Å². The molecule has 3 rings (SSSR count). The number of esters is 1. The number of ether oxygens (including phenoxy) is 2. The topological polar surface area (TPSA) is 93.0 Å². The molecule has 0 aliphatic carbocycles. The molecular weight excluding hydrogens is 472 g/mol. The fourth-order valence-electron chi connectivity index (χ4n) is 3.55. The Kier molecular flexibility index (Phi) is 8.69. The lowest BCUT2D eigenvalue weighted by molar-refractivity contribution is -0.795. The first-order chi connectivity index (χ1) is 16.5. The van der Waals surface area contributed by atoms with Crippen molar-refractivity contribution in [3.63, 3.8) is 0 Å². The number of nitrogens with one attached hydrogen (secondary N) is 1. The van der Waals surface area contributed by atoms with Gasteiger partial charge in [-0.1, -0.05) is 30.7 Å². The van der Waals surface area contributed by atoms with Crippen molar-refractivity contribution in [2.45, 2.75) is 65.7 Å². The van der Waals surface area contributed by atoms with Crippen LogP contribution in [0, 0.1) is 17.7 Å². The fraction of sp³-hybridized carbons (Fsp3) is 0.520. The van der Waals surface area contributed by atoms with E-state index in [1.54, 1.807) is 13.2 Å². The minimum Gasteiger partial charge on any atom is -0.424 e. The molecule has 2 aromatic rings. The second-order valence-electron chi connectivity index (χ2n) is 9.72.